The van der Waals surface area contributed by atoms with Gasteiger partial charge in [0, 0.05) is 11.6 Å². The number of carbonyl (C=O) groups is 2. The summed E-state index contributed by atoms with van der Waals surface area (Å²) in [5.41, 5.74) is 0. The number of hydrogen-bond donors (Lipinski definition) is 2. The molecule has 0 bridgehead atoms. The molecule has 0 atom stereocenters. The van der Waals surface area contributed by atoms with Crippen LogP contribution in [0.3, 0.4) is 0 Å². The predicted octanol–water partition coefficient (Wildman–Crippen LogP) is 1.24. The van der Waals surface area contributed by atoms with Crippen molar-refractivity contribution in [3.8, 4) is 5.75 Å². The van der Waals surface area contributed by atoms with E-state index in [9.17, 15) is 9.59 Å². The molecule has 0 unspecified atom stereocenters. The molecule has 0 saturated carbocycles. The number of rotatable bonds is 9. The molecule has 0 aromatic heterocycles. The van der Waals surface area contributed by atoms with Gasteiger partial charge in [-0.25, -0.2) is 0 Å². The van der Waals surface area contributed by atoms with Gasteiger partial charge >= 0.3 is 5.97 Å². The van der Waals surface area contributed by atoms with Crippen molar-refractivity contribution in [1.29, 1.82) is 0 Å². The fourth-order valence-corrected chi connectivity index (χ4v) is 1.82. The van der Waals surface area contributed by atoms with Gasteiger partial charge in [0.25, 0.3) is 0 Å². The first-order chi connectivity index (χ1) is 9.97. The zero-order valence-corrected chi connectivity index (χ0v) is 12.6. The van der Waals surface area contributed by atoms with Crippen LogP contribution in [0.4, 0.5) is 0 Å². The van der Waals surface area contributed by atoms with Crippen molar-refractivity contribution in [3.05, 3.63) is 29.3 Å². The lowest BCUT2D eigenvalue weighted by molar-refractivity contribution is -0.138. The van der Waals surface area contributed by atoms with Crippen LogP contribution in [0.25, 0.3) is 0 Å². The lowest BCUT2D eigenvalue weighted by Crippen LogP contribution is -2.38. The minimum atomic E-state index is -1.05. The van der Waals surface area contributed by atoms with Crippen LogP contribution in [-0.4, -0.2) is 55.2 Å². The molecule has 1 rings (SSSR count). The number of likely N-dealkylation sites (N-methyl/N-ethyl adjacent to an activating group) is 1. The Morgan fingerprint density at radius 2 is 2.19 bits per heavy atom. The smallest absolute Gasteiger partial charge is 0.322 e. The second-order valence-electron chi connectivity index (χ2n) is 4.57. The van der Waals surface area contributed by atoms with Crippen molar-refractivity contribution in [2.24, 2.45) is 0 Å². The normalized spacial score (nSPS) is 10.4. The average Bonchev–Trinajstić information content (AvgIpc) is 2.41. The van der Waals surface area contributed by atoms with Crippen LogP contribution < -0.4 is 10.1 Å². The Kier molecular flexibility index (Phi) is 7.56. The number of ether oxygens (including phenoxy) is 1. The number of hydrogen-bond acceptors (Lipinski definition) is 4. The van der Waals surface area contributed by atoms with Gasteiger partial charge in [0.15, 0.2) is 0 Å². The molecule has 0 heterocycles. The Morgan fingerprint density at radius 3 is 2.86 bits per heavy atom. The van der Waals surface area contributed by atoms with E-state index in [0.29, 0.717) is 23.9 Å². The van der Waals surface area contributed by atoms with Gasteiger partial charge in [-0.3, -0.25) is 14.5 Å². The van der Waals surface area contributed by atoms with Crippen LogP contribution >= 0.6 is 11.6 Å². The topological polar surface area (TPSA) is 78.9 Å². The van der Waals surface area contributed by atoms with Gasteiger partial charge in [0.2, 0.25) is 5.91 Å². The molecule has 0 aliphatic rings. The lowest BCUT2D eigenvalue weighted by atomic mass is 10.3. The Bertz CT molecular complexity index is 482. The summed E-state index contributed by atoms with van der Waals surface area (Å²) in [4.78, 5) is 23.5. The molecule has 0 fully saturated rings. The standard InChI is InChI=1S/C14H19ClN2O4/c1-17(10-13(18)16-9-14(19)20)6-3-7-21-12-5-2-4-11(15)8-12/h2,4-5,8H,3,6-7,9-10H2,1H3,(H,16,18)(H,19,20). The van der Waals surface area contributed by atoms with Crippen LogP contribution in [0.5, 0.6) is 5.75 Å². The Morgan fingerprint density at radius 1 is 1.43 bits per heavy atom. The van der Waals surface area contributed by atoms with E-state index in [4.69, 9.17) is 21.4 Å². The zero-order chi connectivity index (χ0) is 15.7. The molecular formula is C14H19ClN2O4. The number of carboxylic acids is 1. The summed E-state index contributed by atoms with van der Waals surface area (Å²) in [7, 11) is 1.79. The molecule has 0 aliphatic heterocycles. The molecule has 1 aromatic rings. The summed E-state index contributed by atoms with van der Waals surface area (Å²) < 4.78 is 5.53. The third kappa shape index (κ3) is 8.16. The number of amides is 1. The predicted molar refractivity (Wildman–Crippen MR) is 79.7 cm³/mol. The number of nitrogens with one attached hydrogen (secondary N) is 1. The Labute approximate surface area is 128 Å². The third-order valence-electron chi connectivity index (χ3n) is 2.60. The second kappa shape index (κ2) is 9.20. The average molecular weight is 315 g/mol. The molecule has 21 heavy (non-hydrogen) atoms. The highest BCUT2D eigenvalue weighted by molar-refractivity contribution is 6.30. The maximum Gasteiger partial charge on any atom is 0.322 e. The van der Waals surface area contributed by atoms with Crippen molar-refractivity contribution >= 4 is 23.5 Å². The molecule has 0 spiro atoms. The van der Waals surface area contributed by atoms with E-state index in [1.165, 1.54) is 0 Å². The van der Waals surface area contributed by atoms with Crippen molar-refractivity contribution in [3.63, 3.8) is 0 Å². The van der Waals surface area contributed by atoms with Gasteiger partial charge in [-0.15, -0.1) is 0 Å². The quantitative estimate of drug-likeness (QED) is 0.671. The third-order valence-corrected chi connectivity index (χ3v) is 2.83. The Hall–Kier alpha value is -1.79. The minimum absolute atomic E-state index is 0.157. The first-order valence-electron chi connectivity index (χ1n) is 6.53. The van der Waals surface area contributed by atoms with Crippen molar-refractivity contribution in [1.82, 2.24) is 10.2 Å². The molecule has 116 valence electrons. The van der Waals surface area contributed by atoms with E-state index >= 15 is 0 Å². The number of carbonyl (C=O) groups excluding carboxylic acids is 1. The van der Waals surface area contributed by atoms with Crippen LogP contribution in [0.1, 0.15) is 6.42 Å². The van der Waals surface area contributed by atoms with Crippen LogP contribution in [0.2, 0.25) is 5.02 Å². The maximum absolute atomic E-state index is 11.4. The maximum atomic E-state index is 11.4. The monoisotopic (exact) mass is 314 g/mol. The van der Waals surface area contributed by atoms with E-state index in [-0.39, 0.29) is 19.0 Å². The lowest BCUT2D eigenvalue weighted by Gasteiger charge is -2.16. The van der Waals surface area contributed by atoms with Crippen LogP contribution in [-0.2, 0) is 9.59 Å². The van der Waals surface area contributed by atoms with Crippen LogP contribution in [0.15, 0.2) is 24.3 Å². The van der Waals surface area contributed by atoms with Crippen molar-refractivity contribution < 1.29 is 19.4 Å². The van der Waals surface area contributed by atoms with E-state index in [2.05, 4.69) is 5.32 Å². The molecule has 6 nitrogen and oxygen atoms in total. The number of benzene rings is 1. The highest BCUT2D eigenvalue weighted by Gasteiger charge is 2.07. The fourth-order valence-electron chi connectivity index (χ4n) is 1.64. The van der Waals surface area contributed by atoms with Crippen molar-refractivity contribution in [2.75, 3.05) is 33.3 Å². The SMILES string of the molecule is CN(CCCOc1cccc(Cl)c1)CC(=O)NCC(=O)O. The summed E-state index contributed by atoms with van der Waals surface area (Å²) in [6, 6.07) is 7.16. The van der Waals surface area contributed by atoms with Gasteiger partial charge in [-0.2, -0.15) is 0 Å². The zero-order valence-electron chi connectivity index (χ0n) is 11.8. The number of halogens is 1. The molecule has 7 heteroatoms. The largest absolute Gasteiger partial charge is 0.493 e. The molecule has 0 radical (unpaired) electrons. The molecule has 1 aromatic carbocycles. The van der Waals surface area contributed by atoms with Gasteiger partial charge in [-0.1, -0.05) is 17.7 Å². The van der Waals surface area contributed by atoms with E-state index in [1.807, 2.05) is 12.1 Å². The fraction of sp³-hybridized carbons (Fsp3) is 0.429. The second-order valence-corrected chi connectivity index (χ2v) is 5.00. The number of nitrogens with zero attached hydrogens (tertiary/aromatic N) is 1. The van der Waals surface area contributed by atoms with Gasteiger partial charge in [0.1, 0.15) is 12.3 Å². The van der Waals surface area contributed by atoms with Gasteiger partial charge < -0.3 is 15.2 Å². The minimum Gasteiger partial charge on any atom is -0.493 e. The summed E-state index contributed by atoms with van der Waals surface area (Å²) in [5, 5.41) is 11.4. The van der Waals surface area contributed by atoms with E-state index in [0.717, 1.165) is 6.42 Å². The van der Waals surface area contributed by atoms with Gasteiger partial charge in [0.05, 0.1) is 13.2 Å². The molecule has 0 aliphatic carbocycles. The molecule has 1 amide bonds. The highest BCUT2D eigenvalue weighted by Crippen LogP contribution is 2.17. The van der Waals surface area contributed by atoms with Crippen molar-refractivity contribution in [2.45, 2.75) is 6.42 Å². The Balaban J connectivity index is 2.14. The highest BCUT2D eigenvalue weighted by atomic mass is 35.5. The summed E-state index contributed by atoms with van der Waals surface area (Å²) in [6.07, 6.45) is 0.745. The number of aliphatic carboxylic acids is 1. The molecule has 0 saturated heterocycles. The van der Waals surface area contributed by atoms with Gasteiger partial charge in [-0.05, 0) is 31.7 Å². The molecular weight excluding hydrogens is 296 g/mol. The molecule has 2 N–H and O–H groups in total. The van der Waals surface area contributed by atoms with Crippen LogP contribution in [0, 0.1) is 0 Å². The van der Waals surface area contributed by atoms with E-state index < -0.39 is 5.97 Å². The first-order valence-corrected chi connectivity index (χ1v) is 6.90. The summed E-state index contributed by atoms with van der Waals surface area (Å²) in [6.45, 7) is 0.984. The number of carboxylic acid groups (broad SMARTS) is 1. The summed E-state index contributed by atoms with van der Waals surface area (Å²) >= 11 is 5.84. The summed E-state index contributed by atoms with van der Waals surface area (Å²) in [5.74, 6) is -0.652. The first kappa shape index (κ1) is 17.3. The van der Waals surface area contributed by atoms with E-state index in [1.54, 1.807) is 24.1 Å².